The smallest absolute Gasteiger partial charge is 0.278 e. The highest BCUT2D eigenvalue weighted by molar-refractivity contribution is 8.26. The molecule has 0 saturated carbocycles. The van der Waals surface area contributed by atoms with Gasteiger partial charge in [-0.1, -0.05) is 23.9 Å². The summed E-state index contributed by atoms with van der Waals surface area (Å²) in [5.74, 6) is -1.45. The van der Waals surface area contributed by atoms with Crippen molar-refractivity contribution in [2.24, 2.45) is 0 Å². The van der Waals surface area contributed by atoms with E-state index in [0.717, 1.165) is 31.0 Å². The molecular weight excluding hydrogens is 421 g/mol. The van der Waals surface area contributed by atoms with Gasteiger partial charge in [0.15, 0.2) is 11.4 Å². The number of carbonyl (C=O) groups excluding carboxylic acids is 1. The summed E-state index contributed by atoms with van der Waals surface area (Å²) >= 11 is 0.785. The highest BCUT2D eigenvalue weighted by atomic mass is 32.2. The first kappa shape index (κ1) is 21.1. The van der Waals surface area contributed by atoms with Crippen molar-refractivity contribution >= 4 is 27.8 Å². The zero-order chi connectivity index (χ0) is 22.3. The molecule has 1 fully saturated rings. The normalized spacial score (nSPS) is 17.9. The minimum atomic E-state index is -0.810. The summed E-state index contributed by atoms with van der Waals surface area (Å²) in [7, 11) is 1.78. The third-order valence-electron chi connectivity index (χ3n) is 5.62. The largest absolute Gasteiger partial charge is 0.502 e. The molecule has 31 heavy (non-hydrogen) atoms. The lowest BCUT2D eigenvalue weighted by atomic mass is 10.0. The van der Waals surface area contributed by atoms with E-state index < -0.39 is 17.1 Å². The predicted molar refractivity (Wildman–Crippen MR) is 117 cm³/mol. The average Bonchev–Trinajstić information content (AvgIpc) is 2.75. The molecule has 0 spiro atoms. The van der Waals surface area contributed by atoms with Crippen molar-refractivity contribution in [3.05, 3.63) is 63.3 Å². The third-order valence-corrected chi connectivity index (χ3v) is 6.43. The van der Waals surface area contributed by atoms with E-state index in [1.54, 1.807) is 29.1 Å². The first-order valence-electron chi connectivity index (χ1n) is 9.89. The summed E-state index contributed by atoms with van der Waals surface area (Å²) < 4.78 is 14.5. The van der Waals surface area contributed by atoms with Crippen LogP contribution in [0.25, 0.3) is 0 Å². The Bertz CT molecular complexity index is 1130. The number of aromatic nitrogens is 1. The molecule has 0 aliphatic carbocycles. The van der Waals surface area contributed by atoms with E-state index in [2.05, 4.69) is 0 Å². The van der Waals surface area contributed by atoms with Crippen LogP contribution in [0.15, 0.2) is 35.3 Å². The Morgan fingerprint density at radius 1 is 1.23 bits per heavy atom. The van der Waals surface area contributed by atoms with Crippen LogP contribution in [0, 0.1) is 16.6 Å². The van der Waals surface area contributed by atoms with E-state index >= 15 is 0 Å². The van der Waals surface area contributed by atoms with E-state index in [1.807, 2.05) is 0 Å². The molecule has 4 rings (SSSR count). The van der Waals surface area contributed by atoms with Crippen LogP contribution in [0.4, 0.5) is 4.39 Å². The fourth-order valence-electron chi connectivity index (χ4n) is 4.02. The molecule has 1 atom stereocenters. The second kappa shape index (κ2) is 8.18. The number of hydrogen-bond donors (Lipinski definition) is 3. The van der Waals surface area contributed by atoms with Gasteiger partial charge in [0.2, 0.25) is 5.43 Å². The quantitative estimate of drug-likeness (QED) is 0.498. The number of fused-ring (bicyclic) bond motifs is 2. The van der Waals surface area contributed by atoms with Crippen LogP contribution in [-0.2, 0) is 6.42 Å². The summed E-state index contributed by atoms with van der Waals surface area (Å²) in [6.07, 6.45) is 4.01. The predicted octanol–water partition coefficient (Wildman–Crippen LogP) is 2.51. The maximum Gasteiger partial charge on any atom is 0.278 e. The Morgan fingerprint density at radius 2 is 1.94 bits per heavy atom. The summed E-state index contributed by atoms with van der Waals surface area (Å²) in [6.45, 7) is 0.565. The minimum Gasteiger partial charge on any atom is -0.502 e. The van der Waals surface area contributed by atoms with Crippen molar-refractivity contribution < 1.29 is 14.3 Å². The number of carbonyl (C=O) groups is 1. The zero-order valence-electron chi connectivity index (χ0n) is 16.9. The second-order valence-electron chi connectivity index (χ2n) is 7.62. The minimum absolute atomic E-state index is 0.0842. The van der Waals surface area contributed by atoms with Gasteiger partial charge in [-0.3, -0.25) is 30.1 Å². The molecule has 162 valence electrons. The van der Waals surface area contributed by atoms with Gasteiger partial charge >= 0.3 is 0 Å². The molecule has 1 aromatic heterocycles. The molecule has 2 aliphatic heterocycles. The number of pyridine rings is 1. The van der Waals surface area contributed by atoms with Crippen molar-refractivity contribution in [2.75, 3.05) is 18.6 Å². The zero-order valence-corrected chi connectivity index (χ0v) is 17.7. The summed E-state index contributed by atoms with van der Waals surface area (Å²) in [5.41, 5.74) is -0.289. The molecule has 10 heteroatoms. The van der Waals surface area contributed by atoms with Gasteiger partial charge in [-0.25, -0.2) is 4.39 Å². The highest BCUT2D eigenvalue weighted by Crippen LogP contribution is 2.29. The van der Waals surface area contributed by atoms with Gasteiger partial charge in [-0.2, -0.15) is 0 Å². The number of amides is 1. The second-order valence-corrected chi connectivity index (χ2v) is 8.73. The molecule has 2 aliphatic rings. The van der Waals surface area contributed by atoms with Gasteiger partial charge in [-0.15, -0.1) is 0 Å². The van der Waals surface area contributed by atoms with Crippen molar-refractivity contribution in [1.82, 2.24) is 9.58 Å². The van der Waals surface area contributed by atoms with Gasteiger partial charge in [0.05, 0.1) is 10.6 Å². The SMILES string of the molecule is CN1C2CCCCN2C(=O)c2c(O)c(=O)c(C(=N)SC(=N)Cc3ccc(F)cc3)cn21. The van der Waals surface area contributed by atoms with Crippen molar-refractivity contribution in [3.8, 4) is 5.75 Å². The van der Waals surface area contributed by atoms with Crippen LogP contribution in [0.5, 0.6) is 5.75 Å². The highest BCUT2D eigenvalue weighted by Gasteiger charge is 2.40. The Kier molecular flexibility index (Phi) is 5.57. The van der Waals surface area contributed by atoms with Crippen LogP contribution >= 0.6 is 11.8 Å². The fourth-order valence-corrected chi connectivity index (χ4v) is 4.76. The lowest BCUT2D eigenvalue weighted by Gasteiger charge is -2.47. The molecule has 3 heterocycles. The van der Waals surface area contributed by atoms with Crippen LogP contribution in [0.2, 0.25) is 0 Å². The molecule has 1 saturated heterocycles. The van der Waals surface area contributed by atoms with E-state index in [4.69, 9.17) is 10.8 Å². The number of halogens is 1. The number of aromatic hydroxyl groups is 1. The van der Waals surface area contributed by atoms with Crippen molar-refractivity contribution in [2.45, 2.75) is 31.8 Å². The van der Waals surface area contributed by atoms with Crippen molar-refractivity contribution in [3.63, 3.8) is 0 Å². The lowest BCUT2D eigenvalue weighted by Crippen LogP contribution is -2.61. The number of hydrogen-bond acceptors (Lipinski definition) is 7. The molecule has 1 unspecified atom stereocenters. The molecule has 3 N–H and O–H groups in total. The molecule has 1 aromatic carbocycles. The maximum absolute atomic E-state index is 13.1. The van der Waals surface area contributed by atoms with Gasteiger partial charge < -0.3 is 10.0 Å². The van der Waals surface area contributed by atoms with Crippen molar-refractivity contribution in [1.29, 1.82) is 10.8 Å². The topological polar surface area (TPSA) is 113 Å². The Labute approximate surface area is 182 Å². The van der Waals surface area contributed by atoms with Gasteiger partial charge in [0.1, 0.15) is 17.0 Å². The Morgan fingerprint density at radius 3 is 2.65 bits per heavy atom. The first-order valence-corrected chi connectivity index (χ1v) is 10.7. The third kappa shape index (κ3) is 3.83. The summed E-state index contributed by atoms with van der Waals surface area (Å²) in [4.78, 5) is 27.3. The number of rotatable bonds is 3. The molecule has 8 nitrogen and oxygen atoms in total. The molecule has 1 amide bonds. The van der Waals surface area contributed by atoms with E-state index in [9.17, 15) is 19.1 Å². The van der Waals surface area contributed by atoms with Crippen LogP contribution < -0.4 is 10.4 Å². The molecule has 0 radical (unpaired) electrons. The summed E-state index contributed by atoms with van der Waals surface area (Å²) in [6, 6.07) is 5.72. The monoisotopic (exact) mass is 443 g/mol. The van der Waals surface area contributed by atoms with Gasteiger partial charge in [0, 0.05) is 26.2 Å². The van der Waals surface area contributed by atoms with Gasteiger partial charge in [-0.05, 0) is 37.0 Å². The Hall–Kier alpha value is -3.14. The lowest BCUT2D eigenvalue weighted by molar-refractivity contribution is 0.0498. The Balaban J connectivity index is 1.61. The van der Waals surface area contributed by atoms with E-state index in [1.165, 1.54) is 23.0 Å². The maximum atomic E-state index is 13.1. The first-order chi connectivity index (χ1) is 14.8. The molecule has 0 bridgehead atoms. The summed E-state index contributed by atoms with van der Waals surface area (Å²) in [5, 5.41) is 28.7. The van der Waals surface area contributed by atoms with Crippen LogP contribution in [-0.4, -0.2) is 50.4 Å². The number of thioether (sulfide) groups is 1. The number of nitrogens with zero attached hydrogens (tertiary/aromatic N) is 3. The number of piperidine rings is 1. The van der Waals surface area contributed by atoms with E-state index in [-0.39, 0.29) is 39.7 Å². The number of nitrogens with one attached hydrogen (secondary N) is 2. The average molecular weight is 444 g/mol. The van der Waals surface area contributed by atoms with Crippen LogP contribution in [0.1, 0.15) is 40.9 Å². The number of benzene rings is 1. The van der Waals surface area contributed by atoms with Crippen LogP contribution in [0.3, 0.4) is 0 Å². The molecule has 2 aromatic rings. The molecular formula is C21H22FN5O3S. The van der Waals surface area contributed by atoms with E-state index in [0.29, 0.717) is 12.1 Å². The van der Waals surface area contributed by atoms with Gasteiger partial charge in [0.25, 0.3) is 5.91 Å². The fraction of sp³-hybridized carbons (Fsp3) is 0.333. The standard InChI is InChI=1S/C21H22FN5O3S/c1-25-16-4-2-3-9-26(16)21(30)17-19(29)18(28)14(11-27(17)25)20(24)31-15(23)10-12-5-7-13(22)8-6-12/h5-8,11,16,23-24,29H,2-4,9-10H2,1H3.